The maximum absolute atomic E-state index is 12.6. The lowest BCUT2D eigenvalue weighted by molar-refractivity contribution is -0.129. The van der Waals surface area contributed by atoms with Crippen molar-refractivity contribution in [1.82, 2.24) is 9.62 Å². The maximum Gasteiger partial charge on any atom is 0.263 e. The van der Waals surface area contributed by atoms with Crippen LogP contribution in [0.15, 0.2) is 58.4 Å². The molecule has 2 aromatic rings. The Labute approximate surface area is 164 Å². The molecule has 0 bridgehead atoms. The fourth-order valence-corrected chi connectivity index (χ4v) is 4.86. The van der Waals surface area contributed by atoms with Gasteiger partial charge in [-0.3, -0.25) is 14.5 Å². The van der Waals surface area contributed by atoms with Crippen LogP contribution in [0.1, 0.15) is 11.1 Å². The molecule has 1 fully saturated rings. The van der Waals surface area contributed by atoms with Crippen molar-refractivity contribution in [2.24, 2.45) is 4.99 Å². The van der Waals surface area contributed by atoms with Crippen molar-refractivity contribution in [1.29, 1.82) is 0 Å². The minimum Gasteiger partial charge on any atom is -0.368 e. The van der Waals surface area contributed by atoms with Gasteiger partial charge in [0.15, 0.2) is 0 Å². The van der Waals surface area contributed by atoms with Crippen LogP contribution in [0.5, 0.6) is 0 Å². The van der Waals surface area contributed by atoms with Crippen LogP contribution in [-0.4, -0.2) is 57.8 Å². The molecule has 2 aliphatic heterocycles. The minimum atomic E-state index is -3.58. The second kappa shape index (κ2) is 7.27. The van der Waals surface area contributed by atoms with Gasteiger partial charge in [-0.15, -0.1) is 0 Å². The van der Waals surface area contributed by atoms with E-state index in [2.05, 4.69) is 33.7 Å². The van der Waals surface area contributed by atoms with Gasteiger partial charge in [0.05, 0.1) is 4.90 Å². The first-order chi connectivity index (χ1) is 13.5. The van der Waals surface area contributed by atoms with Crippen molar-refractivity contribution < 1.29 is 13.2 Å². The predicted molar refractivity (Wildman–Crippen MR) is 108 cm³/mol. The molecule has 4 rings (SSSR count). The number of sulfonamides is 1. The van der Waals surface area contributed by atoms with E-state index in [1.165, 1.54) is 17.3 Å². The number of benzene rings is 2. The van der Waals surface area contributed by atoms with Crippen LogP contribution in [0, 0.1) is 6.92 Å². The Morgan fingerprint density at radius 1 is 1.04 bits per heavy atom. The molecule has 0 spiro atoms. The second-order valence-corrected chi connectivity index (χ2v) is 8.57. The summed E-state index contributed by atoms with van der Waals surface area (Å²) in [5, 5.41) is 0. The largest absolute Gasteiger partial charge is 0.368 e. The summed E-state index contributed by atoms with van der Waals surface area (Å²) in [5.74, 6) is 0.142. The molecule has 0 saturated carbocycles. The van der Waals surface area contributed by atoms with Crippen molar-refractivity contribution >= 4 is 27.5 Å². The minimum absolute atomic E-state index is 0.0729. The normalized spacial score (nSPS) is 19.4. The Morgan fingerprint density at radius 3 is 2.46 bits per heavy atom. The highest BCUT2D eigenvalue weighted by Gasteiger charge is 2.30. The number of piperazine rings is 1. The number of hydrogen-bond donors (Lipinski definition) is 1. The topological polar surface area (TPSA) is 82.1 Å². The third-order valence-electron chi connectivity index (χ3n) is 5.12. The standard InChI is InChI=1S/C20H22N4O3S/c1-15-6-2-4-8-17(15)23-10-12-24(13-11-23)19(25)14-21-20-16-7-3-5-9-18(16)28(26,27)22-20/h2-9H,10-14H2,1H3,(H,21,22). The number of amidine groups is 1. The molecular weight excluding hydrogens is 376 g/mol. The van der Waals surface area contributed by atoms with Crippen LogP contribution >= 0.6 is 0 Å². The monoisotopic (exact) mass is 398 g/mol. The third kappa shape index (κ3) is 3.47. The van der Waals surface area contributed by atoms with Crippen molar-refractivity contribution in [2.75, 3.05) is 37.6 Å². The van der Waals surface area contributed by atoms with E-state index in [9.17, 15) is 13.2 Å². The predicted octanol–water partition coefficient (Wildman–Crippen LogP) is 1.38. The summed E-state index contributed by atoms with van der Waals surface area (Å²) >= 11 is 0. The fraction of sp³-hybridized carbons (Fsp3) is 0.300. The molecule has 8 heteroatoms. The van der Waals surface area contributed by atoms with Crippen molar-refractivity contribution in [3.8, 4) is 0 Å². The number of hydrogen-bond acceptors (Lipinski definition) is 5. The highest BCUT2D eigenvalue weighted by Crippen LogP contribution is 2.23. The van der Waals surface area contributed by atoms with E-state index in [1.807, 2.05) is 12.1 Å². The molecule has 2 heterocycles. The molecule has 1 amide bonds. The first kappa shape index (κ1) is 18.5. The lowest BCUT2D eigenvalue weighted by Gasteiger charge is -2.36. The van der Waals surface area contributed by atoms with Crippen LogP contribution in [0.3, 0.4) is 0 Å². The van der Waals surface area contributed by atoms with E-state index in [-0.39, 0.29) is 23.2 Å². The van der Waals surface area contributed by atoms with Crippen LogP contribution in [0.2, 0.25) is 0 Å². The molecule has 0 atom stereocenters. The Morgan fingerprint density at radius 2 is 1.71 bits per heavy atom. The molecule has 28 heavy (non-hydrogen) atoms. The van der Waals surface area contributed by atoms with Gasteiger partial charge in [0, 0.05) is 37.4 Å². The summed E-state index contributed by atoms with van der Waals surface area (Å²) in [6.45, 7) is 4.80. The number of aliphatic imine (C=N–C) groups is 1. The van der Waals surface area contributed by atoms with Crippen LogP contribution in [0.4, 0.5) is 5.69 Å². The first-order valence-corrected chi connectivity index (χ1v) is 10.7. The van der Waals surface area contributed by atoms with Gasteiger partial charge in [-0.25, -0.2) is 8.42 Å². The highest BCUT2D eigenvalue weighted by atomic mass is 32.2. The Kier molecular flexibility index (Phi) is 4.80. The van der Waals surface area contributed by atoms with Gasteiger partial charge in [-0.1, -0.05) is 30.3 Å². The van der Waals surface area contributed by atoms with E-state index < -0.39 is 10.0 Å². The average Bonchev–Trinajstić information content (AvgIpc) is 2.97. The van der Waals surface area contributed by atoms with Crippen molar-refractivity contribution in [3.63, 3.8) is 0 Å². The Bertz CT molecular complexity index is 1040. The van der Waals surface area contributed by atoms with Crippen LogP contribution in [-0.2, 0) is 14.8 Å². The van der Waals surface area contributed by atoms with E-state index in [1.54, 1.807) is 23.1 Å². The van der Waals surface area contributed by atoms with Crippen LogP contribution < -0.4 is 9.62 Å². The van der Waals surface area contributed by atoms with Gasteiger partial charge in [-0.2, -0.15) is 0 Å². The number of rotatable bonds is 3. The zero-order valence-corrected chi connectivity index (χ0v) is 16.4. The molecule has 0 aliphatic carbocycles. The highest BCUT2D eigenvalue weighted by molar-refractivity contribution is 7.90. The SMILES string of the molecule is Cc1ccccc1N1CCN(C(=O)CN=C2NS(=O)(=O)c3ccccc32)CC1. The molecule has 7 nitrogen and oxygen atoms in total. The molecule has 2 aromatic carbocycles. The number of carbonyl (C=O) groups is 1. The molecule has 1 N–H and O–H groups in total. The van der Waals surface area contributed by atoms with E-state index in [0.29, 0.717) is 18.7 Å². The Balaban J connectivity index is 1.40. The molecule has 0 radical (unpaired) electrons. The van der Waals surface area contributed by atoms with Gasteiger partial charge in [0.1, 0.15) is 12.4 Å². The summed E-state index contributed by atoms with van der Waals surface area (Å²) in [6.07, 6.45) is 0. The Hall–Kier alpha value is -2.87. The van der Waals surface area contributed by atoms with Gasteiger partial charge in [0.2, 0.25) is 5.91 Å². The van der Waals surface area contributed by atoms with E-state index >= 15 is 0 Å². The number of aryl methyl sites for hydroxylation is 1. The van der Waals surface area contributed by atoms with E-state index in [4.69, 9.17) is 0 Å². The zero-order valence-electron chi connectivity index (χ0n) is 15.6. The summed E-state index contributed by atoms with van der Waals surface area (Å²) in [5.41, 5.74) is 2.94. The zero-order chi connectivity index (χ0) is 19.7. The maximum atomic E-state index is 12.6. The first-order valence-electron chi connectivity index (χ1n) is 9.21. The number of nitrogens with zero attached hydrogens (tertiary/aromatic N) is 3. The van der Waals surface area contributed by atoms with Gasteiger partial charge < -0.3 is 9.80 Å². The molecule has 146 valence electrons. The van der Waals surface area contributed by atoms with Gasteiger partial charge in [0.25, 0.3) is 10.0 Å². The number of anilines is 1. The number of carbonyl (C=O) groups excluding carboxylic acids is 1. The quantitative estimate of drug-likeness (QED) is 0.847. The molecule has 2 aliphatic rings. The van der Waals surface area contributed by atoms with Crippen molar-refractivity contribution in [2.45, 2.75) is 11.8 Å². The van der Waals surface area contributed by atoms with Crippen molar-refractivity contribution in [3.05, 3.63) is 59.7 Å². The molecule has 0 aromatic heterocycles. The average molecular weight is 398 g/mol. The van der Waals surface area contributed by atoms with E-state index in [0.717, 1.165) is 13.1 Å². The molecular formula is C20H22N4O3S. The lowest BCUT2D eigenvalue weighted by atomic mass is 10.1. The fourth-order valence-electron chi connectivity index (χ4n) is 3.61. The third-order valence-corrected chi connectivity index (χ3v) is 6.52. The smallest absolute Gasteiger partial charge is 0.263 e. The summed E-state index contributed by atoms with van der Waals surface area (Å²) < 4.78 is 26.7. The molecule has 1 saturated heterocycles. The summed E-state index contributed by atoms with van der Waals surface area (Å²) in [7, 11) is -3.58. The number of fused-ring (bicyclic) bond motifs is 1. The number of para-hydroxylation sites is 1. The lowest BCUT2D eigenvalue weighted by Crippen LogP contribution is -2.49. The second-order valence-electron chi connectivity index (χ2n) is 6.92. The number of nitrogens with one attached hydrogen (secondary N) is 1. The molecule has 0 unspecified atom stereocenters. The van der Waals surface area contributed by atoms with Gasteiger partial charge >= 0.3 is 0 Å². The summed E-state index contributed by atoms with van der Waals surface area (Å²) in [4.78, 5) is 21.1. The van der Waals surface area contributed by atoms with Crippen LogP contribution in [0.25, 0.3) is 0 Å². The summed E-state index contributed by atoms with van der Waals surface area (Å²) in [6, 6.07) is 14.9. The van der Waals surface area contributed by atoms with Gasteiger partial charge in [-0.05, 0) is 30.7 Å². The number of amides is 1.